The van der Waals surface area contributed by atoms with Crippen LogP contribution in [0.15, 0.2) is 53.3 Å². The summed E-state index contributed by atoms with van der Waals surface area (Å²) < 4.78 is 34.0. The Labute approximate surface area is 119 Å². The maximum Gasteiger partial charge on any atom is 0.360 e. The van der Waals surface area contributed by atoms with Crippen molar-refractivity contribution in [2.24, 2.45) is 0 Å². The summed E-state index contributed by atoms with van der Waals surface area (Å²) >= 11 is 3.30. The minimum absolute atomic E-state index is 0.0395. The Bertz CT molecular complexity index is 644. The zero-order chi connectivity index (χ0) is 13.9. The second kappa shape index (κ2) is 5.68. The van der Waals surface area contributed by atoms with Crippen molar-refractivity contribution in [2.45, 2.75) is 6.54 Å². The minimum Gasteiger partial charge on any atom is -0.269 e. The largest absolute Gasteiger partial charge is 0.360 e. The number of halogens is 1. The SMILES string of the molecule is O=S(=O)(O)N(Cc1ccc(Br)cc1)c1cccnc1. The molecule has 0 bridgehead atoms. The van der Waals surface area contributed by atoms with E-state index in [-0.39, 0.29) is 6.54 Å². The van der Waals surface area contributed by atoms with E-state index in [1.165, 1.54) is 12.4 Å². The number of rotatable bonds is 4. The van der Waals surface area contributed by atoms with Crippen molar-refractivity contribution in [1.82, 2.24) is 4.98 Å². The molecule has 0 aliphatic heterocycles. The summed E-state index contributed by atoms with van der Waals surface area (Å²) in [4.78, 5) is 3.85. The first-order chi connectivity index (χ1) is 8.97. The molecular formula is C12H11BrN2O3S. The van der Waals surface area contributed by atoms with Crippen LogP contribution >= 0.6 is 15.9 Å². The molecule has 0 spiro atoms. The third-order valence-electron chi connectivity index (χ3n) is 2.45. The molecule has 5 nitrogen and oxygen atoms in total. The van der Waals surface area contributed by atoms with E-state index < -0.39 is 10.3 Å². The quantitative estimate of drug-likeness (QED) is 0.867. The van der Waals surface area contributed by atoms with Crippen molar-refractivity contribution in [3.8, 4) is 0 Å². The Kier molecular flexibility index (Phi) is 4.18. The summed E-state index contributed by atoms with van der Waals surface area (Å²) in [5.41, 5.74) is 1.07. The van der Waals surface area contributed by atoms with Gasteiger partial charge in [0.1, 0.15) is 0 Å². The number of hydrogen-bond donors (Lipinski definition) is 1. The summed E-state index contributed by atoms with van der Waals surface area (Å²) in [7, 11) is -4.34. The lowest BCUT2D eigenvalue weighted by molar-refractivity contribution is 0.477. The highest BCUT2D eigenvalue weighted by atomic mass is 79.9. The van der Waals surface area contributed by atoms with Gasteiger partial charge < -0.3 is 0 Å². The van der Waals surface area contributed by atoms with E-state index >= 15 is 0 Å². The summed E-state index contributed by atoms with van der Waals surface area (Å²) in [6.45, 7) is 0.0395. The molecule has 19 heavy (non-hydrogen) atoms. The van der Waals surface area contributed by atoms with Gasteiger partial charge in [0.25, 0.3) is 0 Å². The first kappa shape index (κ1) is 14.0. The molecule has 2 rings (SSSR count). The smallest absolute Gasteiger partial charge is 0.269 e. The summed E-state index contributed by atoms with van der Waals surface area (Å²) in [6.07, 6.45) is 2.91. The van der Waals surface area contributed by atoms with Gasteiger partial charge in [0.15, 0.2) is 0 Å². The Morgan fingerprint density at radius 1 is 1.21 bits per heavy atom. The van der Waals surface area contributed by atoms with Gasteiger partial charge in [-0.3, -0.25) is 9.54 Å². The topological polar surface area (TPSA) is 70.5 Å². The molecule has 1 heterocycles. The lowest BCUT2D eigenvalue weighted by atomic mass is 10.2. The number of hydrogen-bond acceptors (Lipinski definition) is 3. The van der Waals surface area contributed by atoms with Gasteiger partial charge in [-0.1, -0.05) is 28.1 Å². The molecule has 0 atom stereocenters. The second-order valence-corrected chi connectivity index (χ2v) is 6.07. The lowest BCUT2D eigenvalue weighted by Gasteiger charge is -2.20. The number of benzene rings is 1. The van der Waals surface area contributed by atoms with Crippen LogP contribution in [0.2, 0.25) is 0 Å². The fraction of sp³-hybridized carbons (Fsp3) is 0.0833. The first-order valence-electron chi connectivity index (χ1n) is 5.36. The summed E-state index contributed by atoms with van der Waals surface area (Å²) in [6, 6.07) is 10.3. The van der Waals surface area contributed by atoms with E-state index in [0.717, 1.165) is 14.3 Å². The van der Waals surface area contributed by atoms with Gasteiger partial charge in [-0.25, -0.2) is 4.31 Å². The van der Waals surface area contributed by atoms with Crippen LogP contribution in [0.5, 0.6) is 0 Å². The van der Waals surface area contributed by atoms with E-state index in [9.17, 15) is 13.0 Å². The highest BCUT2D eigenvalue weighted by Gasteiger charge is 2.19. The normalized spacial score (nSPS) is 11.3. The van der Waals surface area contributed by atoms with Gasteiger partial charge in [0.05, 0.1) is 18.4 Å². The van der Waals surface area contributed by atoms with Crippen molar-refractivity contribution in [2.75, 3.05) is 4.31 Å². The molecule has 0 unspecified atom stereocenters. The lowest BCUT2D eigenvalue weighted by Crippen LogP contribution is -2.29. The first-order valence-corrected chi connectivity index (χ1v) is 7.55. The molecule has 1 aromatic heterocycles. The van der Waals surface area contributed by atoms with Crippen LogP contribution in [0.3, 0.4) is 0 Å². The molecule has 1 N–H and O–H groups in total. The standard InChI is InChI=1S/C12H11BrN2O3S/c13-11-5-3-10(4-6-11)9-15(19(16,17)18)12-2-1-7-14-8-12/h1-8H,9H2,(H,16,17,18). The molecule has 0 fully saturated rings. The minimum atomic E-state index is -4.34. The van der Waals surface area contributed by atoms with Crippen LogP contribution < -0.4 is 4.31 Å². The maximum atomic E-state index is 11.4. The molecule has 0 saturated carbocycles. The van der Waals surface area contributed by atoms with E-state index in [1.54, 1.807) is 36.4 Å². The third kappa shape index (κ3) is 3.76. The van der Waals surface area contributed by atoms with Crippen molar-refractivity contribution < 1.29 is 13.0 Å². The molecule has 0 aliphatic rings. The van der Waals surface area contributed by atoms with Crippen molar-refractivity contribution >= 4 is 31.9 Å². The molecule has 7 heteroatoms. The zero-order valence-electron chi connectivity index (χ0n) is 9.77. The predicted molar refractivity (Wildman–Crippen MR) is 76.1 cm³/mol. The fourth-order valence-corrected chi connectivity index (χ4v) is 2.51. The number of anilines is 1. The van der Waals surface area contributed by atoms with Gasteiger partial charge in [-0.15, -0.1) is 0 Å². The summed E-state index contributed by atoms with van der Waals surface area (Å²) in [5, 5.41) is 0. The van der Waals surface area contributed by atoms with E-state index in [1.807, 2.05) is 0 Å². The molecule has 0 amide bonds. The highest BCUT2D eigenvalue weighted by molar-refractivity contribution is 9.10. The zero-order valence-corrected chi connectivity index (χ0v) is 12.2. The molecule has 2 aromatic rings. The van der Waals surface area contributed by atoms with E-state index in [4.69, 9.17) is 0 Å². The van der Waals surface area contributed by atoms with Gasteiger partial charge in [0.2, 0.25) is 0 Å². The van der Waals surface area contributed by atoms with Crippen LogP contribution in [0, 0.1) is 0 Å². The Balaban J connectivity index is 2.33. The Morgan fingerprint density at radius 3 is 2.42 bits per heavy atom. The third-order valence-corrected chi connectivity index (χ3v) is 3.88. The van der Waals surface area contributed by atoms with E-state index in [0.29, 0.717) is 5.69 Å². The molecule has 100 valence electrons. The van der Waals surface area contributed by atoms with Crippen LogP contribution in [0.25, 0.3) is 0 Å². The van der Waals surface area contributed by atoms with Crippen LogP contribution in [-0.2, 0) is 16.8 Å². The van der Waals surface area contributed by atoms with Gasteiger partial charge in [0, 0.05) is 10.7 Å². The fourth-order valence-electron chi connectivity index (χ4n) is 1.56. The highest BCUT2D eigenvalue weighted by Crippen LogP contribution is 2.20. The van der Waals surface area contributed by atoms with E-state index in [2.05, 4.69) is 20.9 Å². The molecule has 0 saturated heterocycles. The Hall–Kier alpha value is -1.44. The molecule has 0 aliphatic carbocycles. The number of pyridine rings is 1. The Morgan fingerprint density at radius 2 is 1.89 bits per heavy atom. The van der Waals surface area contributed by atoms with Crippen molar-refractivity contribution in [3.63, 3.8) is 0 Å². The maximum absolute atomic E-state index is 11.4. The van der Waals surface area contributed by atoms with Crippen LogP contribution in [0.1, 0.15) is 5.56 Å². The van der Waals surface area contributed by atoms with Crippen LogP contribution in [0.4, 0.5) is 5.69 Å². The molecular weight excluding hydrogens is 332 g/mol. The van der Waals surface area contributed by atoms with Gasteiger partial charge >= 0.3 is 10.3 Å². The second-order valence-electron chi connectivity index (χ2n) is 3.82. The number of nitrogens with zero attached hydrogens (tertiary/aromatic N) is 2. The monoisotopic (exact) mass is 342 g/mol. The van der Waals surface area contributed by atoms with Gasteiger partial charge in [-0.2, -0.15) is 8.42 Å². The number of aromatic nitrogens is 1. The summed E-state index contributed by atoms with van der Waals surface area (Å²) in [5.74, 6) is 0. The molecule has 0 radical (unpaired) electrons. The average molecular weight is 343 g/mol. The van der Waals surface area contributed by atoms with Crippen molar-refractivity contribution in [3.05, 3.63) is 58.8 Å². The van der Waals surface area contributed by atoms with Gasteiger partial charge in [-0.05, 0) is 29.8 Å². The van der Waals surface area contributed by atoms with Crippen LogP contribution in [-0.4, -0.2) is 18.0 Å². The predicted octanol–water partition coefficient (Wildman–Crippen LogP) is 2.65. The average Bonchev–Trinajstić information content (AvgIpc) is 2.37. The molecule has 1 aromatic carbocycles. The van der Waals surface area contributed by atoms with Crippen molar-refractivity contribution in [1.29, 1.82) is 0 Å².